The summed E-state index contributed by atoms with van der Waals surface area (Å²) >= 11 is 0. The van der Waals surface area contributed by atoms with E-state index in [4.69, 9.17) is 0 Å². The summed E-state index contributed by atoms with van der Waals surface area (Å²) in [6.07, 6.45) is 10.8. The first-order valence-electron chi connectivity index (χ1n) is 13.7. The molecule has 0 unspecified atom stereocenters. The molecule has 0 radical (unpaired) electrons. The lowest BCUT2D eigenvalue weighted by Gasteiger charge is -2.53. The molecule has 1 N–H and O–H groups in total. The van der Waals surface area contributed by atoms with Gasteiger partial charge in [-0.2, -0.15) is 0 Å². The van der Waals surface area contributed by atoms with Crippen LogP contribution in [0.4, 0.5) is 10.5 Å². The number of hydrogen-bond donors (Lipinski definition) is 1. The first kappa shape index (κ1) is 25.7. The molecule has 2 aliphatic carbocycles. The SMILES string of the molecule is Cc1ccncc1NC(=O)CN1CC2(CCC(c3ccccc3)(N(C)C)CC2)N(CC2(C)CCC2)C1=O. The van der Waals surface area contributed by atoms with Gasteiger partial charge in [-0.05, 0) is 82.2 Å². The Balaban J connectivity index is 1.37. The van der Waals surface area contributed by atoms with Crippen molar-refractivity contribution < 1.29 is 9.59 Å². The van der Waals surface area contributed by atoms with Gasteiger partial charge >= 0.3 is 6.03 Å². The average Bonchev–Trinajstić information content (AvgIpc) is 3.10. The highest BCUT2D eigenvalue weighted by molar-refractivity contribution is 5.95. The van der Waals surface area contributed by atoms with Crippen molar-refractivity contribution in [2.75, 3.05) is 39.0 Å². The predicted octanol–water partition coefficient (Wildman–Crippen LogP) is 5.03. The maximum absolute atomic E-state index is 13.9. The number of carbonyl (C=O) groups is 2. The lowest BCUT2D eigenvalue weighted by Crippen LogP contribution is -2.57. The van der Waals surface area contributed by atoms with Crippen molar-refractivity contribution in [3.05, 3.63) is 59.9 Å². The number of aromatic nitrogens is 1. The number of amides is 3. The Hall–Kier alpha value is -2.93. The molecule has 5 rings (SSSR count). The van der Waals surface area contributed by atoms with E-state index in [1.807, 2.05) is 13.0 Å². The largest absolute Gasteiger partial charge is 0.323 e. The Morgan fingerprint density at radius 1 is 1.05 bits per heavy atom. The second kappa shape index (κ2) is 9.75. The number of benzene rings is 1. The van der Waals surface area contributed by atoms with Crippen molar-refractivity contribution in [1.82, 2.24) is 19.7 Å². The highest BCUT2D eigenvalue weighted by Crippen LogP contribution is 2.51. The molecular formula is C30H41N5O2. The van der Waals surface area contributed by atoms with Crippen molar-refractivity contribution in [1.29, 1.82) is 0 Å². The average molecular weight is 504 g/mol. The number of anilines is 1. The van der Waals surface area contributed by atoms with E-state index in [2.05, 4.69) is 71.5 Å². The predicted molar refractivity (Wildman–Crippen MR) is 146 cm³/mol. The Morgan fingerprint density at radius 3 is 2.35 bits per heavy atom. The van der Waals surface area contributed by atoms with Gasteiger partial charge in [0, 0.05) is 24.8 Å². The summed E-state index contributed by atoms with van der Waals surface area (Å²) in [5.41, 5.74) is 2.92. The fourth-order valence-electron chi connectivity index (χ4n) is 6.82. The highest BCUT2D eigenvalue weighted by atomic mass is 16.2. The molecule has 1 saturated heterocycles. The lowest BCUT2D eigenvalue weighted by atomic mass is 9.66. The minimum Gasteiger partial charge on any atom is -0.323 e. The third kappa shape index (κ3) is 4.74. The molecule has 198 valence electrons. The maximum atomic E-state index is 13.9. The van der Waals surface area contributed by atoms with Crippen molar-refractivity contribution in [3.8, 4) is 0 Å². The second-order valence-electron chi connectivity index (χ2n) is 12.1. The Bertz CT molecular complexity index is 1140. The van der Waals surface area contributed by atoms with Gasteiger partial charge in [-0.15, -0.1) is 0 Å². The van der Waals surface area contributed by atoms with Crippen LogP contribution in [0.25, 0.3) is 0 Å². The molecule has 3 fully saturated rings. The maximum Gasteiger partial charge on any atom is 0.321 e. The van der Waals surface area contributed by atoms with Crippen molar-refractivity contribution in [2.45, 2.75) is 69.9 Å². The van der Waals surface area contributed by atoms with Gasteiger partial charge in [0.05, 0.1) is 17.4 Å². The van der Waals surface area contributed by atoms with Crippen LogP contribution < -0.4 is 5.32 Å². The zero-order valence-electron chi connectivity index (χ0n) is 22.8. The summed E-state index contributed by atoms with van der Waals surface area (Å²) < 4.78 is 0. The molecule has 3 aliphatic rings. The fourth-order valence-corrected chi connectivity index (χ4v) is 6.82. The van der Waals surface area contributed by atoms with Gasteiger partial charge < -0.3 is 15.1 Å². The molecule has 1 aromatic heterocycles. The Labute approximate surface area is 221 Å². The summed E-state index contributed by atoms with van der Waals surface area (Å²) in [6.45, 7) is 5.72. The minimum absolute atomic E-state index is 0.0169. The van der Waals surface area contributed by atoms with Crippen LogP contribution in [-0.2, 0) is 10.3 Å². The summed E-state index contributed by atoms with van der Waals surface area (Å²) in [6, 6.07) is 12.7. The lowest BCUT2D eigenvalue weighted by molar-refractivity contribution is -0.116. The molecule has 7 nitrogen and oxygen atoms in total. The van der Waals surface area contributed by atoms with Gasteiger partial charge in [0.1, 0.15) is 6.54 Å². The molecule has 7 heteroatoms. The molecular weight excluding hydrogens is 462 g/mol. The smallest absolute Gasteiger partial charge is 0.321 e. The summed E-state index contributed by atoms with van der Waals surface area (Å²) in [7, 11) is 4.35. The van der Waals surface area contributed by atoms with E-state index in [1.165, 1.54) is 24.8 Å². The van der Waals surface area contributed by atoms with Crippen LogP contribution in [0.3, 0.4) is 0 Å². The third-order valence-electron chi connectivity index (χ3n) is 9.48. The number of nitrogens with zero attached hydrogens (tertiary/aromatic N) is 4. The number of rotatable bonds is 7. The van der Waals surface area contributed by atoms with Gasteiger partial charge in [0.25, 0.3) is 0 Å². The summed E-state index contributed by atoms with van der Waals surface area (Å²) in [5.74, 6) is -0.168. The highest BCUT2D eigenvalue weighted by Gasteiger charge is 2.56. The van der Waals surface area contributed by atoms with Gasteiger partial charge in [-0.1, -0.05) is 43.7 Å². The molecule has 2 heterocycles. The zero-order valence-corrected chi connectivity index (χ0v) is 22.8. The van der Waals surface area contributed by atoms with E-state index in [-0.39, 0.29) is 35.0 Å². The first-order valence-corrected chi connectivity index (χ1v) is 13.7. The van der Waals surface area contributed by atoms with E-state index >= 15 is 0 Å². The van der Waals surface area contributed by atoms with Crippen LogP contribution >= 0.6 is 0 Å². The van der Waals surface area contributed by atoms with E-state index in [0.29, 0.717) is 12.2 Å². The van der Waals surface area contributed by atoms with Gasteiger partial charge in [0.15, 0.2) is 0 Å². The van der Waals surface area contributed by atoms with Gasteiger partial charge in [-0.3, -0.25) is 14.7 Å². The van der Waals surface area contributed by atoms with Crippen molar-refractivity contribution >= 4 is 17.6 Å². The number of pyridine rings is 1. The fraction of sp³-hybridized carbons (Fsp3) is 0.567. The quantitative estimate of drug-likeness (QED) is 0.576. The summed E-state index contributed by atoms with van der Waals surface area (Å²) in [4.78, 5) is 37.3. The molecule has 0 bridgehead atoms. The number of urea groups is 1. The number of nitrogens with one attached hydrogen (secondary N) is 1. The van der Waals surface area contributed by atoms with Crippen molar-refractivity contribution in [2.24, 2.45) is 5.41 Å². The van der Waals surface area contributed by atoms with Gasteiger partial charge in [-0.25, -0.2) is 4.79 Å². The minimum atomic E-state index is -0.228. The second-order valence-corrected chi connectivity index (χ2v) is 12.1. The molecule has 1 aliphatic heterocycles. The van der Waals surface area contributed by atoms with Crippen LogP contribution in [0.15, 0.2) is 48.8 Å². The molecule has 2 saturated carbocycles. The molecule has 0 atom stereocenters. The summed E-state index contributed by atoms with van der Waals surface area (Å²) in [5, 5.41) is 2.96. The van der Waals surface area contributed by atoms with Crippen LogP contribution in [-0.4, -0.2) is 70.9 Å². The first-order chi connectivity index (χ1) is 17.7. The van der Waals surface area contributed by atoms with Gasteiger partial charge in [0.2, 0.25) is 5.91 Å². The van der Waals surface area contributed by atoms with E-state index < -0.39 is 0 Å². The molecule has 1 spiro atoms. The third-order valence-corrected chi connectivity index (χ3v) is 9.48. The standard InChI is InChI=1S/C30H41N5O2/c1-23-11-18-31-19-25(23)32-26(36)20-34-22-29(35(27(34)37)21-28(2)12-8-13-28)14-16-30(17-15-29,33(3)4)24-9-6-5-7-10-24/h5-7,9-11,18-19H,8,12-17,20-22H2,1-4H3,(H,32,36). The van der Waals surface area contributed by atoms with Crippen LogP contribution in [0.5, 0.6) is 0 Å². The zero-order chi connectivity index (χ0) is 26.3. The van der Waals surface area contributed by atoms with Crippen LogP contribution in [0.1, 0.15) is 63.0 Å². The number of aryl methyl sites for hydroxylation is 1. The Morgan fingerprint density at radius 2 is 1.76 bits per heavy atom. The molecule has 3 amide bonds. The van der Waals surface area contributed by atoms with E-state index in [1.54, 1.807) is 17.3 Å². The Kier molecular flexibility index (Phi) is 6.77. The molecule has 37 heavy (non-hydrogen) atoms. The number of carbonyl (C=O) groups excluding carboxylic acids is 2. The normalized spacial score (nSPS) is 27.0. The molecule has 1 aromatic carbocycles. The molecule has 2 aromatic rings. The monoisotopic (exact) mass is 503 g/mol. The van der Waals surface area contributed by atoms with Crippen molar-refractivity contribution in [3.63, 3.8) is 0 Å². The van der Waals surface area contributed by atoms with E-state index in [0.717, 1.165) is 37.8 Å². The van der Waals surface area contributed by atoms with Crippen LogP contribution in [0, 0.1) is 12.3 Å². The van der Waals surface area contributed by atoms with E-state index in [9.17, 15) is 9.59 Å². The number of hydrogen-bond acceptors (Lipinski definition) is 4. The van der Waals surface area contributed by atoms with Crippen LogP contribution in [0.2, 0.25) is 0 Å². The topological polar surface area (TPSA) is 68.8 Å².